The number of carboxylic acid groups (broad SMARTS) is 1. The van der Waals surface area contributed by atoms with Crippen molar-refractivity contribution in [1.29, 1.82) is 0 Å². The van der Waals surface area contributed by atoms with Crippen LogP contribution in [0.25, 0.3) is 6.08 Å². The highest BCUT2D eigenvalue weighted by Crippen LogP contribution is 2.11. The van der Waals surface area contributed by atoms with Crippen LogP contribution in [0.2, 0.25) is 5.02 Å². The summed E-state index contributed by atoms with van der Waals surface area (Å²) in [6.45, 7) is 3.92. The van der Waals surface area contributed by atoms with E-state index in [1.165, 1.54) is 11.0 Å². The van der Waals surface area contributed by atoms with Crippen LogP contribution in [0.1, 0.15) is 25.8 Å². The van der Waals surface area contributed by atoms with Crippen molar-refractivity contribution in [2.75, 3.05) is 6.54 Å². The molecule has 4 nitrogen and oxygen atoms in total. The van der Waals surface area contributed by atoms with Crippen LogP contribution in [-0.4, -0.2) is 34.5 Å². The number of benzene rings is 1. The summed E-state index contributed by atoms with van der Waals surface area (Å²) in [6.07, 6.45) is 3.08. The predicted molar refractivity (Wildman–Crippen MR) is 79.6 cm³/mol. The summed E-state index contributed by atoms with van der Waals surface area (Å²) in [7, 11) is 0. The van der Waals surface area contributed by atoms with E-state index >= 15 is 0 Å². The third kappa shape index (κ3) is 5.45. The molecule has 1 N–H and O–H groups in total. The maximum absolute atomic E-state index is 12.1. The molecule has 1 amide bonds. The van der Waals surface area contributed by atoms with Crippen molar-refractivity contribution in [3.05, 3.63) is 40.9 Å². The van der Waals surface area contributed by atoms with Gasteiger partial charge in [0.2, 0.25) is 5.91 Å². The number of halogens is 1. The van der Waals surface area contributed by atoms with Gasteiger partial charge in [0.05, 0.1) is 6.42 Å². The SMILES string of the molecule is CC(C)N(CCC(=O)O)C(=O)/C=C/c1ccc(Cl)cc1. The Balaban J connectivity index is 2.70. The molecule has 0 unspecified atom stereocenters. The van der Waals surface area contributed by atoms with E-state index < -0.39 is 5.97 Å². The minimum absolute atomic E-state index is 0.0447. The molecule has 1 rings (SSSR count). The molecule has 0 spiro atoms. The van der Waals surface area contributed by atoms with Crippen molar-refractivity contribution in [2.24, 2.45) is 0 Å². The van der Waals surface area contributed by atoms with Crippen LogP contribution in [0.15, 0.2) is 30.3 Å². The van der Waals surface area contributed by atoms with Crippen LogP contribution < -0.4 is 0 Å². The fourth-order valence-corrected chi connectivity index (χ4v) is 1.80. The summed E-state index contributed by atoms with van der Waals surface area (Å²) in [5, 5.41) is 9.33. The average molecular weight is 296 g/mol. The van der Waals surface area contributed by atoms with E-state index in [4.69, 9.17) is 16.7 Å². The van der Waals surface area contributed by atoms with Crippen molar-refractivity contribution < 1.29 is 14.7 Å². The average Bonchev–Trinajstić information content (AvgIpc) is 2.37. The lowest BCUT2D eigenvalue weighted by Crippen LogP contribution is -2.37. The van der Waals surface area contributed by atoms with Gasteiger partial charge in [-0.3, -0.25) is 9.59 Å². The Bertz CT molecular complexity index is 494. The van der Waals surface area contributed by atoms with Gasteiger partial charge in [-0.25, -0.2) is 0 Å². The van der Waals surface area contributed by atoms with Crippen LogP contribution in [0.4, 0.5) is 0 Å². The Labute approximate surface area is 123 Å². The van der Waals surface area contributed by atoms with Gasteiger partial charge in [-0.05, 0) is 37.6 Å². The van der Waals surface area contributed by atoms with Gasteiger partial charge in [0.15, 0.2) is 0 Å². The molecule has 1 aromatic carbocycles. The van der Waals surface area contributed by atoms with Gasteiger partial charge in [-0.1, -0.05) is 23.7 Å². The minimum Gasteiger partial charge on any atom is -0.481 e. The van der Waals surface area contributed by atoms with Crippen molar-refractivity contribution in [3.63, 3.8) is 0 Å². The summed E-state index contributed by atoms with van der Waals surface area (Å²) in [6, 6.07) is 7.07. The molecule has 0 radical (unpaired) electrons. The fraction of sp³-hybridized carbons (Fsp3) is 0.333. The molecule has 20 heavy (non-hydrogen) atoms. The van der Waals surface area contributed by atoms with Gasteiger partial charge in [0, 0.05) is 23.7 Å². The molecule has 0 saturated heterocycles. The summed E-state index contributed by atoms with van der Waals surface area (Å²) in [4.78, 5) is 24.2. The topological polar surface area (TPSA) is 57.6 Å². The molecule has 108 valence electrons. The van der Waals surface area contributed by atoms with Gasteiger partial charge in [-0.2, -0.15) is 0 Å². The lowest BCUT2D eigenvalue weighted by molar-refractivity contribution is -0.138. The molecule has 0 bridgehead atoms. The number of hydrogen-bond donors (Lipinski definition) is 1. The quantitative estimate of drug-likeness (QED) is 0.821. The number of carbonyl (C=O) groups is 2. The first-order chi connectivity index (χ1) is 9.40. The Morgan fingerprint density at radius 1 is 1.30 bits per heavy atom. The second-order valence-electron chi connectivity index (χ2n) is 4.65. The highest BCUT2D eigenvalue weighted by molar-refractivity contribution is 6.30. The lowest BCUT2D eigenvalue weighted by Gasteiger charge is -2.24. The van der Waals surface area contributed by atoms with Gasteiger partial charge < -0.3 is 10.0 Å². The lowest BCUT2D eigenvalue weighted by atomic mass is 10.2. The maximum Gasteiger partial charge on any atom is 0.305 e. The maximum atomic E-state index is 12.1. The number of aliphatic carboxylic acids is 1. The van der Waals surface area contributed by atoms with Crippen molar-refractivity contribution >= 4 is 29.6 Å². The molecular formula is C15H18ClNO3. The molecule has 0 heterocycles. The number of carbonyl (C=O) groups excluding carboxylic acids is 1. The molecule has 5 heteroatoms. The first-order valence-electron chi connectivity index (χ1n) is 6.36. The third-order valence-electron chi connectivity index (χ3n) is 2.76. The van der Waals surface area contributed by atoms with E-state index in [-0.39, 0.29) is 24.9 Å². The number of nitrogens with zero attached hydrogens (tertiary/aromatic N) is 1. The molecule has 0 fully saturated rings. The van der Waals surface area contributed by atoms with Crippen LogP contribution in [-0.2, 0) is 9.59 Å². The largest absolute Gasteiger partial charge is 0.481 e. The Hall–Kier alpha value is -1.81. The van der Waals surface area contributed by atoms with Crippen molar-refractivity contribution in [3.8, 4) is 0 Å². The summed E-state index contributed by atoms with van der Waals surface area (Å²) >= 11 is 5.78. The number of rotatable bonds is 6. The van der Waals surface area contributed by atoms with E-state index in [1.807, 2.05) is 26.0 Å². The molecule has 0 aliphatic rings. The van der Waals surface area contributed by atoms with Gasteiger partial charge in [0.1, 0.15) is 0 Å². The van der Waals surface area contributed by atoms with Crippen LogP contribution in [0.3, 0.4) is 0 Å². The molecule has 0 aliphatic heterocycles. The summed E-state index contributed by atoms with van der Waals surface area (Å²) in [5.41, 5.74) is 0.865. The van der Waals surface area contributed by atoms with E-state index in [1.54, 1.807) is 18.2 Å². The molecule has 1 aromatic rings. The minimum atomic E-state index is -0.912. The van der Waals surface area contributed by atoms with E-state index in [9.17, 15) is 9.59 Å². The monoisotopic (exact) mass is 295 g/mol. The van der Waals surface area contributed by atoms with Crippen LogP contribution in [0.5, 0.6) is 0 Å². The Kier molecular flexibility index (Phi) is 6.25. The zero-order valence-corrected chi connectivity index (χ0v) is 12.3. The first kappa shape index (κ1) is 16.2. The van der Waals surface area contributed by atoms with Crippen molar-refractivity contribution in [2.45, 2.75) is 26.3 Å². The predicted octanol–water partition coefficient (Wildman–Crippen LogP) is 3.06. The fourth-order valence-electron chi connectivity index (χ4n) is 1.68. The van der Waals surface area contributed by atoms with Gasteiger partial charge in [-0.15, -0.1) is 0 Å². The van der Waals surface area contributed by atoms with E-state index in [0.717, 1.165) is 5.56 Å². The number of carboxylic acids is 1. The molecule has 0 saturated carbocycles. The second kappa shape index (κ2) is 7.70. The summed E-state index contributed by atoms with van der Waals surface area (Å²) < 4.78 is 0. The molecule has 0 atom stereocenters. The number of hydrogen-bond acceptors (Lipinski definition) is 2. The van der Waals surface area contributed by atoms with Crippen LogP contribution in [0, 0.1) is 0 Å². The first-order valence-corrected chi connectivity index (χ1v) is 6.74. The van der Waals surface area contributed by atoms with Gasteiger partial charge in [0.25, 0.3) is 0 Å². The second-order valence-corrected chi connectivity index (χ2v) is 5.09. The zero-order chi connectivity index (χ0) is 15.1. The standard InChI is InChI=1S/C15H18ClNO3/c1-11(2)17(10-9-15(19)20)14(18)8-5-12-3-6-13(16)7-4-12/h3-8,11H,9-10H2,1-2H3,(H,19,20)/b8-5+. The Morgan fingerprint density at radius 3 is 2.40 bits per heavy atom. The zero-order valence-electron chi connectivity index (χ0n) is 11.5. The highest BCUT2D eigenvalue weighted by atomic mass is 35.5. The third-order valence-corrected chi connectivity index (χ3v) is 3.01. The molecule has 0 aliphatic carbocycles. The number of amides is 1. The van der Waals surface area contributed by atoms with Crippen LogP contribution >= 0.6 is 11.6 Å². The van der Waals surface area contributed by atoms with E-state index in [0.29, 0.717) is 5.02 Å². The molecular weight excluding hydrogens is 278 g/mol. The smallest absolute Gasteiger partial charge is 0.305 e. The molecule has 0 aromatic heterocycles. The Morgan fingerprint density at radius 2 is 1.90 bits per heavy atom. The van der Waals surface area contributed by atoms with Crippen molar-refractivity contribution in [1.82, 2.24) is 4.90 Å². The normalized spacial score (nSPS) is 11.0. The highest BCUT2D eigenvalue weighted by Gasteiger charge is 2.15. The van der Waals surface area contributed by atoms with E-state index in [2.05, 4.69) is 0 Å². The van der Waals surface area contributed by atoms with Gasteiger partial charge >= 0.3 is 5.97 Å². The summed E-state index contributed by atoms with van der Waals surface area (Å²) in [5.74, 6) is -1.11.